The summed E-state index contributed by atoms with van der Waals surface area (Å²) < 4.78 is 12.3. The van der Waals surface area contributed by atoms with Crippen LogP contribution in [0.2, 0.25) is 0 Å². The van der Waals surface area contributed by atoms with E-state index >= 15 is 0 Å². The highest BCUT2D eigenvalue weighted by molar-refractivity contribution is 6.05. The lowest BCUT2D eigenvalue weighted by atomic mass is 10.1. The van der Waals surface area contributed by atoms with Crippen LogP contribution in [0.15, 0.2) is 72.1 Å². The lowest BCUT2D eigenvalue weighted by Gasteiger charge is -2.12. The van der Waals surface area contributed by atoms with E-state index in [1.165, 1.54) is 6.39 Å². The normalized spacial score (nSPS) is 10.6. The first kappa shape index (κ1) is 16.5. The van der Waals surface area contributed by atoms with Gasteiger partial charge in [-0.25, -0.2) is 4.98 Å². The van der Waals surface area contributed by atoms with Crippen molar-refractivity contribution in [2.75, 3.05) is 12.4 Å². The molecule has 0 bridgehead atoms. The van der Waals surface area contributed by atoms with E-state index in [9.17, 15) is 4.79 Å². The molecule has 4 rings (SSSR count). The number of hydrogen-bond acceptors (Lipinski definition) is 6. The molecule has 0 saturated heterocycles. The average Bonchev–Trinajstić information content (AvgIpc) is 3.42. The molecule has 1 N–H and O–H groups in total. The number of aromatic nitrogens is 4. The van der Waals surface area contributed by atoms with Crippen molar-refractivity contribution in [1.29, 1.82) is 0 Å². The number of amides is 1. The number of oxazole rings is 1. The second-order valence-corrected chi connectivity index (χ2v) is 5.65. The molecule has 0 spiro atoms. The molecule has 2 aromatic heterocycles. The maximum atomic E-state index is 12.6. The van der Waals surface area contributed by atoms with Crippen molar-refractivity contribution in [2.45, 2.75) is 0 Å². The van der Waals surface area contributed by atoms with Gasteiger partial charge in [0.1, 0.15) is 18.4 Å². The van der Waals surface area contributed by atoms with E-state index in [1.54, 1.807) is 66.9 Å². The van der Waals surface area contributed by atoms with Crippen LogP contribution in [0.3, 0.4) is 0 Å². The molecular formula is C19H15N5O3. The molecule has 8 nitrogen and oxygen atoms in total. The zero-order valence-electron chi connectivity index (χ0n) is 14.4. The summed E-state index contributed by atoms with van der Waals surface area (Å²) in [5.41, 5.74) is 2.70. The monoisotopic (exact) mass is 361 g/mol. The Kier molecular flexibility index (Phi) is 4.36. The van der Waals surface area contributed by atoms with Crippen LogP contribution < -0.4 is 10.1 Å². The van der Waals surface area contributed by atoms with E-state index in [0.717, 1.165) is 11.3 Å². The van der Waals surface area contributed by atoms with Gasteiger partial charge in [0.05, 0.1) is 24.7 Å². The molecule has 0 unspecified atom stereocenters. The van der Waals surface area contributed by atoms with Crippen LogP contribution in [0.1, 0.15) is 10.4 Å². The number of hydrogen-bond donors (Lipinski definition) is 1. The standard InChI is InChI=1S/C19H15N5O3/c1-26-17-7-6-15(24-10-21-22-11-24)8-16(17)23-19(25)14-4-2-13(3-5-14)18-9-20-12-27-18/h2-12H,1H3,(H,23,25). The zero-order chi connectivity index (χ0) is 18.6. The number of nitrogens with zero attached hydrogens (tertiary/aromatic N) is 4. The van der Waals surface area contributed by atoms with Gasteiger partial charge in [-0.15, -0.1) is 10.2 Å². The topological polar surface area (TPSA) is 95.1 Å². The first-order valence-electron chi connectivity index (χ1n) is 8.08. The molecule has 2 heterocycles. The highest BCUT2D eigenvalue weighted by atomic mass is 16.5. The highest BCUT2D eigenvalue weighted by Gasteiger charge is 2.12. The van der Waals surface area contributed by atoms with Crippen molar-refractivity contribution < 1.29 is 13.9 Å². The molecule has 0 saturated carbocycles. The summed E-state index contributed by atoms with van der Waals surface area (Å²) in [6.07, 6.45) is 6.15. The van der Waals surface area contributed by atoms with Gasteiger partial charge in [-0.1, -0.05) is 12.1 Å². The van der Waals surface area contributed by atoms with Gasteiger partial charge in [0.25, 0.3) is 5.91 Å². The predicted molar refractivity (Wildman–Crippen MR) is 97.8 cm³/mol. The number of ether oxygens (including phenoxy) is 1. The summed E-state index contributed by atoms with van der Waals surface area (Å²) in [6, 6.07) is 12.5. The Morgan fingerprint density at radius 3 is 2.56 bits per heavy atom. The second kappa shape index (κ2) is 7.12. The van der Waals surface area contributed by atoms with Gasteiger partial charge in [-0.2, -0.15) is 0 Å². The van der Waals surface area contributed by atoms with Gasteiger partial charge in [0, 0.05) is 11.1 Å². The summed E-state index contributed by atoms with van der Waals surface area (Å²) in [4.78, 5) is 16.5. The van der Waals surface area contributed by atoms with Crippen LogP contribution >= 0.6 is 0 Å². The largest absolute Gasteiger partial charge is 0.495 e. The Bertz CT molecular complexity index is 1040. The Hall–Kier alpha value is -3.94. The fourth-order valence-electron chi connectivity index (χ4n) is 2.63. The predicted octanol–water partition coefficient (Wildman–Crippen LogP) is 3.18. The summed E-state index contributed by atoms with van der Waals surface area (Å²) in [6.45, 7) is 0. The van der Waals surface area contributed by atoms with Gasteiger partial charge in [-0.05, 0) is 30.3 Å². The highest BCUT2D eigenvalue weighted by Crippen LogP contribution is 2.28. The van der Waals surface area contributed by atoms with Crippen molar-refractivity contribution in [2.24, 2.45) is 0 Å². The number of carbonyl (C=O) groups is 1. The average molecular weight is 361 g/mol. The molecule has 134 valence electrons. The Labute approximate surface area is 154 Å². The summed E-state index contributed by atoms with van der Waals surface area (Å²) in [5, 5.41) is 10.5. The maximum Gasteiger partial charge on any atom is 0.255 e. The molecule has 1 amide bonds. The van der Waals surface area contributed by atoms with E-state index in [-0.39, 0.29) is 5.91 Å². The number of benzene rings is 2. The number of carbonyl (C=O) groups excluding carboxylic acids is 1. The summed E-state index contributed by atoms with van der Waals surface area (Å²) >= 11 is 0. The third-order valence-electron chi connectivity index (χ3n) is 4.01. The molecule has 8 heteroatoms. The molecular weight excluding hydrogens is 346 g/mol. The molecule has 4 aromatic rings. The van der Waals surface area contributed by atoms with Crippen molar-refractivity contribution in [3.63, 3.8) is 0 Å². The van der Waals surface area contributed by atoms with Gasteiger partial charge in [-0.3, -0.25) is 9.36 Å². The molecule has 0 radical (unpaired) electrons. The molecule has 27 heavy (non-hydrogen) atoms. The van der Waals surface area contributed by atoms with E-state index < -0.39 is 0 Å². The van der Waals surface area contributed by atoms with Gasteiger partial charge < -0.3 is 14.5 Å². The molecule has 0 atom stereocenters. The second-order valence-electron chi connectivity index (χ2n) is 5.65. The molecule has 0 aliphatic heterocycles. The minimum atomic E-state index is -0.252. The summed E-state index contributed by atoms with van der Waals surface area (Å²) in [7, 11) is 1.55. The summed E-state index contributed by atoms with van der Waals surface area (Å²) in [5.74, 6) is 0.946. The van der Waals surface area contributed by atoms with Crippen LogP contribution in [-0.4, -0.2) is 32.8 Å². The van der Waals surface area contributed by atoms with Crippen molar-refractivity contribution >= 4 is 11.6 Å². The van der Waals surface area contributed by atoms with E-state index in [4.69, 9.17) is 9.15 Å². The van der Waals surface area contributed by atoms with E-state index in [2.05, 4.69) is 20.5 Å². The lowest BCUT2D eigenvalue weighted by Crippen LogP contribution is -2.13. The van der Waals surface area contributed by atoms with Crippen LogP contribution in [0, 0.1) is 0 Å². The Balaban J connectivity index is 1.57. The molecule has 0 aliphatic carbocycles. The van der Waals surface area contributed by atoms with Gasteiger partial charge in [0.15, 0.2) is 12.2 Å². The third kappa shape index (κ3) is 3.40. The van der Waals surface area contributed by atoms with Crippen LogP contribution in [0.5, 0.6) is 5.75 Å². The molecule has 2 aromatic carbocycles. The third-order valence-corrected chi connectivity index (χ3v) is 4.01. The van der Waals surface area contributed by atoms with Gasteiger partial charge in [0.2, 0.25) is 0 Å². The first-order valence-corrected chi connectivity index (χ1v) is 8.08. The smallest absolute Gasteiger partial charge is 0.255 e. The Morgan fingerprint density at radius 1 is 1.11 bits per heavy atom. The maximum absolute atomic E-state index is 12.6. The quantitative estimate of drug-likeness (QED) is 0.587. The van der Waals surface area contributed by atoms with Crippen LogP contribution in [0.4, 0.5) is 5.69 Å². The lowest BCUT2D eigenvalue weighted by molar-refractivity contribution is 0.102. The minimum absolute atomic E-state index is 0.252. The Morgan fingerprint density at radius 2 is 1.89 bits per heavy atom. The fourth-order valence-corrected chi connectivity index (χ4v) is 2.63. The first-order chi connectivity index (χ1) is 13.2. The zero-order valence-corrected chi connectivity index (χ0v) is 14.4. The SMILES string of the molecule is COc1ccc(-n2cnnc2)cc1NC(=O)c1ccc(-c2cnco2)cc1. The number of nitrogens with one attached hydrogen (secondary N) is 1. The number of methoxy groups -OCH3 is 1. The minimum Gasteiger partial charge on any atom is -0.495 e. The molecule has 0 aliphatic rings. The van der Waals surface area contributed by atoms with Gasteiger partial charge >= 0.3 is 0 Å². The van der Waals surface area contributed by atoms with E-state index in [0.29, 0.717) is 22.8 Å². The van der Waals surface area contributed by atoms with Crippen molar-refractivity contribution in [3.8, 4) is 22.8 Å². The van der Waals surface area contributed by atoms with Crippen LogP contribution in [-0.2, 0) is 0 Å². The fraction of sp³-hybridized carbons (Fsp3) is 0.0526. The number of anilines is 1. The van der Waals surface area contributed by atoms with Crippen molar-refractivity contribution in [1.82, 2.24) is 19.7 Å². The molecule has 0 fully saturated rings. The number of rotatable bonds is 5. The van der Waals surface area contributed by atoms with Crippen molar-refractivity contribution in [3.05, 3.63) is 73.3 Å². The van der Waals surface area contributed by atoms with Crippen LogP contribution in [0.25, 0.3) is 17.0 Å². The van der Waals surface area contributed by atoms with E-state index in [1.807, 2.05) is 6.07 Å².